The van der Waals surface area contributed by atoms with Crippen LogP contribution in [0.15, 0.2) is 59.5 Å². The van der Waals surface area contributed by atoms with Crippen molar-refractivity contribution in [2.75, 3.05) is 19.6 Å². The maximum Gasteiger partial charge on any atom is 0.182 e. The van der Waals surface area contributed by atoms with Gasteiger partial charge in [-0.3, -0.25) is 0 Å². The third-order valence-electron chi connectivity index (χ3n) is 4.84. The molecule has 3 nitrogen and oxygen atoms in total. The monoisotopic (exact) mass is 377 g/mol. The predicted octanol–water partition coefficient (Wildman–Crippen LogP) is 4.21. The first kappa shape index (κ1) is 18.4. The molecule has 0 spiro atoms. The van der Waals surface area contributed by atoms with Crippen molar-refractivity contribution in [2.45, 2.75) is 35.8 Å². The Morgan fingerprint density at radius 2 is 1.72 bits per heavy atom. The highest BCUT2D eigenvalue weighted by atomic mass is 35.5. The minimum absolute atomic E-state index is 0.303. The topological polar surface area (TPSA) is 37.4 Å². The molecule has 1 heterocycles. The van der Waals surface area contributed by atoms with Gasteiger partial charge in [-0.25, -0.2) is 8.42 Å². The zero-order chi connectivity index (χ0) is 17.7. The predicted molar refractivity (Wildman–Crippen MR) is 103 cm³/mol. The average molecular weight is 378 g/mol. The molecule has 0 amide bonds. The number of hydrogen-bond acceptors (Lipinski definition) is 3. The van der Waals surface area contributed by atoms with Crippen LogP contribution in [-0.4, -0.2) is 38.2 Å². The Morgan fingerprint density at radius 1 is 1.00 bits per heavy atom. The van der Waals surface area contributed by atoms with Gasteiger partial charge in [-0.15, -0.1) is 0 Å². The summed E-state index contributed by atoms with van der Waals surface area (Å²) in [6.45, 7) is 2.47. The van der Waals surface area contributed by atoms with E-state index in [0.29, 0.717) is 22.9 Å². The Bertz CT molecular complexity index is 775. The molecule has 25 heavy (non-hydrogen) atoms. The molecule has 0 N–H and O–H groups in total. The molecule has 1 fully saturated rings. The van der Waals surface area contributed by atoms with E-state index in [1.807, 2.05) is 6.07 Å². The van der Waals surface area contributed by atoms with E-state index in [1.54, 1.807) is 24.3 Å². The number of sulfone groups is 1. The summed E-state index contributed by atoms with van der Waals surface area (Å²) in [5.74, 6) is 0. The molecule has 2 aromatic carbocycles. The van der Waals surface area contributed by atoms with Gasteiger partial charge in [-0.2, -0.15) is 0 Å². The summed E-state index contributed by atoms with van der Waals surface area (Å²) in [5, 5.41) is 0.258. The van der Waals surface area contributed by atoms with Crippen molar-refractivity contribution < 1.29 is 8.42 Å². The van der Waals surface area contributed by atoms with Crippen LogP contribution in [0, 0.1) is 0 Å². The molecule has 2 aromatic rings. The zero-order valence-corrected chi connectivity index (χ0v) is 15.8. The maximum absolute atomic E-state index is 12.7. The number of nitrogens with zero attached hydrogens (tertiary/aromatic N) is 1. The van der Waals surface area contributed by atoms with Gasteiger partial charge < -0.3 is 4.90 Å². The first-order valence-corrected chi connectivity index (χ1v) is 10.7. The fourth-order valence-corrected chi connectivity index (χ4v) is 5.23. The van der Waals surface area contributed by atoms with Gasteiger partial charge in [0.05, 0.1) is 10.1 Å². The minimum Gasteiger partial charge on any atom is -0.302 e. The fourth-order valence-electron chi connectivity index (χ4n) is 3.38. The Morgan fingerprint density at radius 3 is 2.44 bits per heavy atom. The largest absolute Gasteiger partial charge is 0.302 e. The van der Waals surface area contributed by atoms with Crippen LogP contribution < -0.4 is 0 Å². The fraction of sp³-hybridized carbons (Fsp3) is 0.400. The Hall–Kier alpha value is -1.36. The summed E-state index contributed by atoms with van der Waals surface area (Å²) in [5.41, 5.74) is 1.37. The van der Waals surface area contributed by atoms with Crippen molar-refractivity contribution in [1.82, 2.24) is 4.90 Å². The highest BCUT2D eigenvalue weighted by Gasteiger charge is 2.33. The first-order valence-electron chi connectivity index (χ1n) is 8.81. The van der Waals surface area contributed by atoms with Gasteiger partial charge >= 0.3 is 0 Å². The van der Waals surface area contributed by atoms with Crippen molar-refractivity contribution in [3.63, 3.8) is 0 Å². The molecule has 134 valence electrons. The third kappa shape index (κ3) is 4.84. The summed E-state index contributed by atoms with van der Waals surface area (Å²) >= 11 is 5.86. The molecular formula is C20H24ClNO2S. The van der Waals surface area contributed by atoms with Gasteiger partial charge in [0, 0.05) is 11.6 Å². The summed E-state index contributed by atoms with van der Waals surface area (Å²) in [4.78, 5) is 2.66. The lowest BCUT2D eigenvalue weighted by Gasteiger charge is -2.16. The van der Waals surface area contributed by atoms with E-state index >= 15 is 0 Å². The van der Waals surface area contributed by atoms with E-state index in [4.69, 9.17) is 11.6 Å². The van der Waals surface area contributed by atoms with E-state index < -0.39 is 9.84 Å². The van der Waals surface area contributed by atoms with Crippen molar-refractivity contribution >= 4 is 21.4 Å². The van der Waals surface area contributed by atoms with Crippen LogP contribution in [-0.2, 0) is 16.3 Å². The number of hydrogen-bond donors (Lipinski definition) is 0. The van der Waals surface area contributed by atoms with Crippen LogP contribution in [0.3, 0.4) is 0 Å². The van der Waals surface area contributed by atoms with Gasteiger partial charge in [0.25, 0.3) is 0 Å². The molecule has 0 radical (unpaired) electrons. The van der Waals surface area contributed by atoms with Gasteiger partial charge in [-0.1, -0.05) is 41.9 Å². The first-order chi connectivity index (χ1) is 12.1. The Labute approximate surface area is 155 Å². The Balaban J connectivity index is 1.47. The van der Waals surface area contributed by atoms with Gasteiger partial charge in [0.1, 0.15) is 0 Å². The molecule has 5 heteroatoms. The highest BCUT2D eigenvalue weighted by molar-refractivity contribution is 7.92. The second-order valence-corrected chi connectivity index (χ2v) is 9.32. The van der Waals surface area contributed by atoms with Crippen LogP contribution in [0.5, 0.6) is 0 Å². The van der Waals surface area contributed by atoms with Crippen molar-refractivity contribution in [1.29, 1.82) is 0 Å². The van der Waals surface area contributed by atoms with E-state index in [0.717, 1.165) is 32.4 Å². The second kappa shape index (κ2) is 8.35. The average Bonchev–Trinajstić information content (AvgIpc) is 3.10. The molecule has 1 saturated heterocycles. The lowest BCUT2D eigenvalue weighted by Crippen LogP contribution is -2.27. The number of benzene rings is 2. The van der Waals surface area contributed by atoms with Crippen molar-refractivity contribution in [2.24, 2.45) is 0 Å². The number of halogens is 1. The minimum atomic E-state index is -3.26. The summed E-state index contributed by atoms with van der Waals surface area (Å²) < 4.78 is 25.5. The highest BCUT2D eigenvalue weighted by Crippen LogP contribution is 2.25. The van der Waals surface area contributed by atoms with Gasteiger partial charge in [-0.05, 0) is 68.6 Å². The quantitative estimate of drug-likeness (QED) is 0.678. The number of unbranched alkanes of at least 4 members (excludes halogenated alkanes) is 1. The number of likely N-dealkylation sites (tertiary alicyclic amines) is 1. The SMILES string of the molecule is O=S(=O)(c1ccc(Cl)cc1)[C@@H]1CCN(CCCCc2ccccc2)C1. The lowest BCUT2D eigenvalue weighted by atomic mass is 10.1. The third-order valence-corrected chi connectivity index (χ3v) is 7.29. The molecule has 1 aliphatic rings. The van der Waals surface area contributed by atoms with E-state index in [1.165, 1.54) is 5.56 Å². The smallest absolute Gasteiger partial charge is 0.182 e. The molecule has 0 aliphatic carbocycles. The molecule has 3 rings (SSSR count). The second-order valence-electron chi connectivity index (χ2n) is 6.65. The molecule has 1 atom stereocenters. The zero-order valence-electron chi connectivity index (χ0n) is 14.3. The molecular weight excluding hydrogens is 354 g/mol. The van der Waals surface area contributed by atoms with E-state index in [-0.39, 0.29) is 5.25 Å². The molecule has 1 aliphatic heterocycles. The standard InChI is InChI=1S/C20H24ClNO2S/c21-18-9-11-19(12-10-18)25(23,24)20-13-15-22(16-20)14-5-4-8-17-6-2-1-3-7-17/h1-3,6-7,9-12,20H,4-5,8,13-16H2/t20-/m1/s1. The number of rotatable bonds is 7. The molecule has 0 aromatic heterocycles. The van der Waals surface area contributed by atoms with Crippen LogP contribution in [0.25, 0.3) is 0 Å². The van der Waals surface area contributed by atoms with E-state index in [2.05, 4.69) is 29.2 Å². The van der Waals surface area contributed by atoms with Gasteiger partial charge in [0.15, 0.2) is 9.84 Å². The normalized spacial score (nSPS) is 18.5. The van der Waals surface area contributed by atoms with Crippen molar-refractivity contribution in [3.05, 3.63) is 65.2 Å². The van der Waals surface area contributed by atoms with Crippen LogP contribution in [0.2, 0.25) is 5.02 Å². The molecule has 0 bridgehead atoms. The van der Waals surface area contributed by atoms with Crippen molar-refractivity contribution in [3.8, 4) is 0 Å². The summed E-state index contributed by atoms with van der Waals surface area (Å²) in [6.07, 6.45) is 4.03. The van der Waals surface area contributed by atoms with Gasteiger partial charge in [0.2, 0.25) is 0 Å². The van der Waals surface area contributed by atoms with Crippen LogP contribution in [0.4, 0.5) is 0 Å². The number of aryl methyl sites for hydroxylation is 1. The maximum atomic E-state index is 12.7. The van der Waals surface area contributed by atoms with Crippen LogP contribution in [0.1, 0.15) is 24.8 Å². The lowest BCUT2D eigenvalue weighted by molar-refractivity contribution is 0.330. The molecule has 0 saturated carbocycles. The summed E-state index contributed by atoms with van der Waals surface area (Å²) in [7, 11) is -3.26. The summed E-state index contributed by atoms with van der Waals surface area (Å²) in [6, 6.07) is 17.0. The van der Waals surface area contributed by atoms with Crippen LogP contribution >= 0.6 is 11.6 Å². The Kier molecular flexibility index (Phi) is 6.15. The molecule has 0 unspecified atom stereocenters. The van der Waals surface area contributed by atoms with E-state index in [9.17, 15) is 8.42 Å².